The molecular weight excluding hydrogens is 834 g/mol. The molecule has 328 valence electrons. The zero-order valence-electron chi connectivity index (χ0n) is 34.7. The number of aliphatic imine (C=N–C) groups is 1. The third-order valence-corrected chi connectivity index (χ3v) is 18.8. The van der Waals surface area contributed by atoms with Gasteiger partial charge in [0.15, 0.2) is 0 Å². The van der Waals surface area contributed by atoms with Crippen LogP contribution in [0.15, 0.2) is 15.2 Å². The number of amidine groups is 1. The van der Waals surface area contributed by atoms with E-state index in [0.717, 1.165) is 0 Å². The van der Waals surface area contributed by atoms with Crippen LogP contribution in [0.25, 0.3) is 0 Å². The topological polar surface area (TPSA) is 225 Å². The molecule has 13 unspecified atom stereocenters. The molecule has 5 aliphatic rings. The molecule has 14 nitrogen and oxygen atoms in total. The van der Waals surface area contributed by atoms with Crippen molar-refractivity contribution in [2.75, 3.05) is 0 Å². The lowest BCUT2D eigenvalue weighted by molar-refractivity contribution is -0.127. The summed E-state index contributed by atoms with van der Waals surface area (Å²) in [7, 11) is -8.55. The molecule has 7 N–H and O–H groups in total. The molecule has 5 rings (SSSR count). The minimum absolute atomic E-state index is 0.0143. The lowest BCUT2D eigenvalue weighted by atomic mass is 9.67. The fraction of sp³-hybridized carbons (Fsp3) is 0.947. The Morgan fingerprint density at radius 2 is 1.19 bits per heavy atom. The van der Waals surface area contributed by atoms with Crippen LogP contribution in [0, 0.1) is 59.2 Å². The van der Waals surface area contributed by atoms with Crippen molar-refractivity contribution in [3.8, 4) is 0 Å². The molecule has 0 aromatic rings. The van der Waals surface area contributed by atoms with Crippen molar-refractivity contribution in [3.05, 3.63) is 0 Å². The van der Waals surface area contributed by atoms with Crippen LogP contribution in [-0.2, 0) is 25.0 Å². The number of rotatable bonds is 12. The van der Waals surface area contributed by atoms with Gasteiger partial charge in [0.25, 0.3) is 20.2 Å². The van der Waals surface area contributed by atoms with Crippen LogP contribution in [0.5, 0.6) is 0 Å². The number of nitrogens with one attached hydrogen (secondary N) is 3. The summed E-state index contributed by atoms with van der Waals surface area (Å²) in [6.45, 7) is 18.4. The Hall–Kier alpha value is -0.630. The first-order chi connectivity index (χ1) is 26.4. The largest absolute Gasteiger partial charge is 0.369 e. The van der Waals surface area contributed by atoms with Gasteiger partial charge >= 0.3 is 0 Å². The molecular formula is C38H67Cl2N7O7S3. The zero-order chi connectivity index (χ0) is 42.5. The molecule has 1 amide bonds. The summed E-state index contributed by atoms with van der Waals surface area (Å²) in [4.78, 5) is 18.4. The lowest BCUT2D eigenvalue weighted by Gasteiger charge is -2.52. The second-order valence-corrected chi connectivity index (χ2v) is 24.7. The predicted molar refractivity (Wildman–Crippen MR) is 229 cm³/mol. The molecule has 3 aliphatic carbocycles. The number of hydrogen-bond acceptors (Lipinski definition) is 12. The lowest BCUT2D eigenvalue weighted by Crippen LogP contribution is -2.73. The number of alkyl halides is 2. The summed E-state index contributed by atoms with van der Waals surface area (Å²) in [5.41, 5.74) is 6.26. The number of carbonyl (C=O) groups is 1. The summed E-state index contributed by atoms with van der Waals surface area (Å²) in [6, 6.07) is -1.02. The van der Waals surface area contributed by atoms with E-state index in [-0.39, 0.29) is 94.3 Å². The van der Waals surface area contributed by atoms with Crippen LogP contribution in [0.2, 0.25) is 0 Å². The molecule has 0 bridgehead atoms. The predicted octanol–water partition coefficient (Wildman–Crippen LogP) is 5.75. The number of hydrogen-bond donors (Lipinski definition) is 6. The number of nitrogens with two attached hydrogens (primary N) is 1. The summed E-state index contributed by atoms with van der Waals surface area (Å²) >= 11 is 14.6. The van der Waals surface area contributed by atoms with Crippen LogP contribution < -0.4 is 21.7 Å². The van der Waals surface area contributed by atoms with E-state index < -0.39 is 66.9 Å². The summed E-state index contributed by atoms with van der Waals surface area (Å²) < 4.78 is 70.6. The Balaban J connectivity index is 1.54. The second-order valence-electron chi connectivity index (χ2n) is 19.0. The fourth-order valence-corrected chi connectivity index (χ4v) is 14.4. The van der Waals surface area contributed by atoms with Crippen molar-refractivity contribution >= 4 is 66.3 Å². The van der Waals surface area contributed by atoms with Gasteiger partial charge in [-0.15, -0.1) is 28.3 Å². The number of carbonyl (C=O) groups excluding carboxylic acids is 1. The van der Waals surface area contributed by atoms with Crippen LogP contribution in [-0.4, -0.2) is 100 Å². The van der Waals surface area contributed by atoms with Gasteiger partial charge in [-0.05, 0) is 91.8 Å². The highest BCUT2D eigenvalue weighted by atomic mass is 35.5. The van der Waals surface area contributed by atoms with E-state index in [1.807, 2.05) is 34.6 Å². The van der Waals surface area contributed by atoms with Crippen LogP contribution in [0.3, 0.4) is 0 Å². The maximum absolute atomic E-state index is 13.6. The Kier molecular flexibility index (Phi) is 15.6. The number of halogens is 2. The average Bonchev–Trinajstić information content (AvgIpc) is 3.47. The first-order valence-corrected chi connectivity index (χ1v) is 25.6. The number of azo groups is 1. The zero-order valence-corrected chi connectivity index (χ0v) is 38.7. The molecule has 3 saturated carbocycles. The quantitative estimate of drug-likeness (QED) is 0.0785. The van der Waals surface area contributed by atoms with Crippen LogP contribution >= 0.6 is 35.0 Å². The standard InChI is InChI=1S/C38H67Cl2N7O7S3/c1-16(2)23-10-21(56(49,50)51)11-24(17(3)4)33(23)43-36-31(35(41)48)20(9)32(46-47-38-42-29-14-27(39)28(40)15-30(29)55-38)37(45-36)44-34-25(18(5)6)12-22(57(52,53)54)13-26(34)19(7)8/h16-34,36-37,43-45H,10-15H2,1-9H3,(H2,41,48)(H,49,50,51)(H,52,53,54). The van der Waals surface area contributed by atoms with Crippen molar-refractivity contribution in [1.82, 2.24) is 16.0 Å². The van der Waals surface area contributed by atoms with E-state index in [4.69, 9.17) is 44.2 Å². The Morgan fingerprint density at radius 3 is 1.60 bits per heavy atom. The molecule has 0 aromatic carbocycles. The molecule has 13 atom stereocenters. The highest BCUT2D eigenvalue weighted by Gasteiger charge is 2.52. The minimum atomic E-state index is -4.27. The van der Waals surface area contributed by atoms with Gasteiger partial charge in [-0.25, -0.2) is 0 Å². The van der Waals surface area contributed by atoms with E-state index in [2.05, 4.69) is 43.6 Å². The number of fused-ring (bicyclic) bond motifs is 1. The van der Waals surface area contributed by atoms with E-state index >= 15 is 0 Å². The van der Waals surface area contributed by atoms with Crippen molar-refractivity contribution < 1.29 is 30.7 Å². The molecule has 2 aliphatic heterocycles. The normalized spacial score (nSPS) is 42.3. The van der Waals surface area contributed by atoms with Gasteiger partial charge in [0.1, 0.15) is 6.04 Å². The second kappa shape index (κ2) is 18.8. The van der Waals surface area contributed by atoms with E-state index in [0.29, 0.717) is 30.9 Å². The fourth-order valence-electron chi connectivity index (χ4n) is 10.7. The van der Waals surface area contributed by atoms with Crippen LogP contribution in [0.4, 0.5) is 0 Å². The third kappa shape index (κ3) is 10.9. The molecule has 0 aromatic heterocycles. The summed E-state index contributed by atoms with van der Waals surface area (Å²) in [6.07, 6.45) is 1.27. The number of amides is 1. The molecule has 4 fully saturated rings. The third-order valence-electron chi connectivity index (χ3n) is 14.0. The van der Waals surface area contributed by atoms with Gasteiger partial charge in [0.2, 0.25) is 11.1 Å². The maximum atomic E-state index is 13.6. The van der Waals surface area contributed by atoms with Crippen molar-refractivity contribution in [3.63, 3.8) is 0 Å². The first kappa shape index (κ1) is 47.4. The van der Waals surface area contributed by atoms with Crippen LogP contribution in [0.1, 0.15) is 101 Å². The summed E-state index contributed by atoms with van der Waals surface area (Å²) in [5.74, 6) is -1.97. The number of thioether (sulfide) groups is 1. The van der Waals surface area contributed by atoms with Gasteiger partial charge in [0.05, 0.1) is 45.5 Å². The SMILES string of the molecule is CC(C)C1CC(S(=O)(=O)O)CC(C(C)C)C1NC1NC(NC2C(C(C)C)CC(S(=O)(=O)O)CC2C(C)C)C(C(N)=O)C(C)C1N=NC1=NC2CC(Cl)C(Cl)CC2S1. The van der Waals surface area contributed by atoms with Gasteiger partial charge in [0, 0.05) is 17.3 Å². The Morgan fingerprint density at radius 1 is 0.772 bits per heavy atom. The summed E-state index contributed by atoms with van der Waals surface area (Å²) in [5, 5.41) is 19.7. The van der Waals surface area contributed by atoms with Gasteiger partial charge < -0.3 is 5.73 Å². The molecule has 19 heteroatoms. The average molecular weight is 901 g/mol. The maximum Gasteiger partial charge on any atom is 0.267 e. The number of primary amides is 1. The van der Waals surface area contributed by atoms with Gasteiger partial charge in [-0.3, -0.25) is 34.8 Å². The van der Waals surface area contributed by atoms with E-state index in [1.165, 1.54) is 11.8 Å². The van der Waals surface area contributed by atoms with Gasteiger partial charge in [-0.2, -0.15) is 21.9 Å². The molecule has 57 heavy (non-hydrogen) atoms. The van der Waals surface area contributed by atoms with E-state index in [1.54, 1.807) is 0 Å². The number of nitrogens with zero attached hydrogens (tertiary/aromatic N) is 3. The minimum Gasteiger partial charge on any atom is -0.369 e. The highest BCUT2D eigenvalue weighted by molar-refractivity contribution is 8.14. The molecule has 0 spiro atoms. The Bertz CT molecular complexity index is 1670. The van der Waals surface area contributed by atoms with Crippen molar-refractivity contribution in [2.45, 2.75) is 164 Å². The molecule has 2 heterocycles. The molecule has 0 radical (unpaired) electrons. The smallest absolute Gasteiger partial charge is 0.267 e. The Labute approximate surface area is 355 Å². The molecule has 1 saturated heterocycles. The van der Waals surface area contributed by atoms with Crippen molar-refractivity contribution in [1.29, 1.82) is 0 Å². The monoisotopic (exact) mass is 899 g/mol. The van der Waals surface area contributed by atoms with E-state index in [9.17, 15) is 30.7 Å². The van der Waals surface area contributed by atoms with Gasteiger partial charge in [-0.1, -0.05) is 74.1 Å². The first-order valence-electron chi connectivity index (χ1n) is 20.8. The van der Waals surface area contributed by atoms with Crippen molar-refractivity contribution in [2.24, 2.45) is 80.1 Å². The highest BCUT2D eigenvalue weighted by Crippen LogP contribution is 2.45. The number of piperidine rings is 1.